The van der Waals surface area contributed by atoms with Gasteiger partial charge in [-0.15, -0.1) is 0 Å². The van der Waals surface area contributed by atoms with Gasteiger partial charge < -0.3 is 20.1 Å². The van der Waals surface area contributed by atoms with Crippen molar-refractivity contribution in [3.63, 3.8) is 0 Å². The van der Waals surface area contributed by atoms with Crippen molar-refractivity contribution < 1.29 is 4.52 Å². The Kier molecular flexibility index (Phi) is 6.49. The fourth-order valence-corrected chi connectivity index (χ4v) is 3.72. The summed E-state index contributed by atoms with van der Waals surface area (Å²) in [5.41, 5.74) is 2.10. The van der Waals surface area contributed by atoms with E-state index in [0.717, 1.165) is 31.0 Å². The maximum Gasteiger partial charge on any atom is 0.228 e. The van der Waals surface area contributed by atoms with Crippen molar-refractivity contribution in [2.45, 2.75) is 18.9 Å². The molecule has 156 valence electrons. The van der Waals surface area contributed by atoms with Gasteiger partial charge in [-0.1, -0.05) is 47.1 Å². The van der Waals surface area contributed by atoms with E-state index in [-0.39, 0.29) is 0 Å². The first-order valence-corrected chi connectivity index (χ1v) is 10.4. The maximum atomic E-state index is 6.03. The van der Waals surface area contributed by atoms with E-state index in [2.05, 4.69) is 54.9 Å². The van der Waals surface area contributed by atoms with Gasteiger partial charge in [0, 0.05) is 55.4 Å². The maximum absolute atomic E-state index is 6.03. The molecule has 1 atom stereocenters. The molecule has 1 saturated heterocycles. The standard InChI is InChI=1S/C22H25ClN6O/c1-24-22(26-18-11-13-29(15-18)19-8-3-2-4-9-19)25-12-10-20-27-21(28-30-20)16-6-5-7-17(23)14-16/h2-9,14,18H,10-13,15H2,1H3,(H2,24,25,26). The summed E-state index contributed by atoms with van der Waals surface area (Å²) in [5.74, 6) is 1.90. The normalized spacial score (nSPS) is 16.7. The van der Waals surface area contributed by atoms with Crippen molar-refractivity contribution >= 4 is 23.2 Å². The Morgan fingerprint density at radius 3 is 2.90 bits per heavy atom. The molecule has 2 aromatic carbocycles. The Bertz CT molecular complexity index is 990. The molecular formula is C22H25ClN6O. The van der Waals surface area contributed by atoms with E-state index in [1.54, 1.807) is 7.05 Å². The first-order valence-electron chi connectivity index (χ1n) is 10.1. The molecule has 1 aliphatic heterocycles. The lowest BCUT2D eigenvalue weighted by atomic mass is 10.2. The lowest BCUT2D eigenvalue weighted by molar-refractivity contribution is 0.378. The van der Waals surface area contributed by atoms with Gasteiger partial charge in [0.25, 0.3) is 0 Å². The smallest absolute Gasteiger partial charge is 0.228 e. The van der Waals surface area contributed by atoms with Gasteiger partial charge in [-0.2, -0.15) is 4.98 Å². The van der Waals surface area contributed by atoms with Crippen molar-refractivity contribution in [2.24, 2.45) is 4.99 Å². The highest BCUT2D eigenvalue weighted by Gasteiger charge is 2.23. The van der Waals surface area contributed by atoms with Gasteiger partial charge in [0.1, 0.15) is 0 Å². The first-order chi connectivity index (χ1) is 14.7. The van der Waals surface area contributed by atoms with Crippen LogP contribution in [0.3, 0.4) is 0 Å². The van der Waals surface area contributed by atoms with Crippen LogP contribution >= 0.6 is 11.6 Å². The molecule has 0 amide bonds. The van der Waals surface area contributed by atoms with Crippen LogP contribution in [0, 0.1) is 0 Å². The molecule has 1 unspecified atom stereocenters. The number of benzene rings is 2. The number of hydrogen-bond donors (Lipinski definition) is 2. The van der Waals surface area contributed by atoms with Crippen LogP contribution in [0.1, 0.15) is 12.3 Å². The van der Waals surface area contributed by atoms with E-state index in [1.165, 1.54) is 5.69 Å². The number of guanidine groups is 1. The van der Waals surface area contributed by atoms with E-state index in [4.69, 9.17) is 16.1 Å². The van der Waals surface area contributed by atoms with Crippen molar-refractivity contribution in [1.29, 1.82) is 0 Å². The minimum absolute atomic E-state index is 0.356. The summed E-state index contributed by atoms with van der Waals surface area (Å²) in [4.78, 5) is 11.2. The summed E-state index contributed by atoms with van der Waals surface area (Å²) in [6, 6.07) is 18.3. The Morgan fingerprint density at radius 1 is 1.23 bits per heavy atom. The van der Waals surface area contributed by atoms with Gasteiger partial charge in [-0.05, 0) is 30.7 Å². The zero-order valence-electron chi connectivity index (χ0n) is 16.9. The minimum Gasteiger partial charge on any atom is -0.369 e. The number of para-hydroxylation sites is 1. The van der Waals surface area contributed by atoms with Gasteiger partial charge >= 0.3 is 0 Å². The molecule has 0 spiro atoms. The summed E-state index contributed by atoms with van der Waals surface area (Å²) in [7, 11) is 1.78. The van der Waals surface area contributed by atoms with Crippen LogP contribution in [0.2, 0.25) is 5.02 Å². The first kappa shape index (κ1) is 20.2. The average Bonchev–Trinajstić information content (AvgIpc) is 3.43. The number of nitrogens with one attached hydrogen (secondary N) is 2. The van der Waals surface area contributed by atoms with Crippen LogP contribution in [0.5, 0.6) is 0 Å². The molecule has 0 aliphatic carbocycles. The quantitative estimate of drug-likeness (QED) is 0.466. The molecule has 0 bridgehead atoms. The molecule has 0 radical (unpaired) electrons. The number of aromatic nitrogens is 2. The van der Waals surface area contributed by atoms with Gasteiger partial charge in [0.15, 0.2) is 5.96 Å². The van der Waals surface area contributed by atoms with Crippen LogP contribution < -0.4 is 15.5 Å². The van der Waals surface area contributed by atoms with Crippen LogP contribution in [0.15, 0.2) is 64.1 Å². The Balaban J connectivity index is 1.25. The summed E-state index contributed by atoms with van der Waals surface area (Å²) >= 11 is 6.03. The highest BCUT2D eigenvalue weighted by molar-refractivity contribution is 6.30. The Labute approximate surface area is 181 Å². The summed E-state index contributed by atoms with van der Waals surface area (Å²) in [6.45, 7) is 2.64. The third-order valence-corrected chi connectivity index (χ3v) is 5.29. The Hall–Kier alpha value is -3.06. The molecule has 2 N–H and O–H groups in total. The molecule has 3 aromatic rings. The van der Waals surface area contributed by atoms with E-state index in [1.807, 2.05) is 30.3 Å². The molecule has 2 heterocycles. The fourth-order valence-electron chi connectivity index (χ4n) is 3.53. The molecule has 7 nitrogen and oxygen atoms in total. The van der Waals surface area contributed by atoms with E-state index < -0.39 is 0 Å². The Morgan fingerprint density at radius 2 is 2.10 bits per heavy atom. The summed E-state index contributed by atoms with van der Waals surface area (Å²) in [6.07, 6.45) is 1.68. The van der Waals surface area contributed by atoms with E-state index in [9.17, 15) is 0 Å². The van der Waals surface area contributed by atoms with Gasteiger partial charge in [-0.3, -0.25) is 4.99 Å². The molecule has 30 heavy (non-hydrogen) atoms. The minimum atomic E-state index is 0.356. The van der Waals surface area contributed by atoms with Crippen LogP contribution in [-0.4, -0.2) is 48.8 Å². The molecule has 1 fully saturated rings. The predicted octanol–water partition coefficient (Wildman–Crippen LogP) is 3.38. The van der Waals surface area contributed by atoms with Crippen LogP contribution in [0.4, 0.5) is 5.69 Å². The molecular weight excluding hydrogens is 400 g/mol. The van der Waals surface area contributed by atoms with Crippen molar-refractivity contribution in [1.82, 2.24) is 20.8 Å². The third-order valence-electron chi connectivity index (χ3n) is 5.06. The lowest BCUT2D eigenvalue weighted by Gasteiger charge is -2.20. The van der Waals surface area contributed by atoms with E-state index in [0.29, 0.717) is 35.7 Å². The number of rotatable bonds is 6. The zero-order chi connectivity index (χ0) is 20.8. The zero-order valence-corrected chi connectivity index (χ0v) is 17.6. The van der Waals surface area contributed by atoms with E-state index >= 15 is 0 Å². The van der Waals surface area contributed by atoms with Crippen LogP contribution in [-0.2, 0) is 6.42 Å². The van der Waals surface area contributed by atoms with Gasteiger partial charge in [-0.25, -0.2) is 0 Å². The number of hydrogen-bond acceptors (Lipinski definition) is 5. The summed E-state index contributed by atoms with van der Waals surface area (Å²) in [5, 5.41) is 11.5. The third kappa shape index (κ3) is 5.10. The molecule has 8 heteroatoms. The van der Waals surface area contributed by atoms with Crippen molar-refractivity contribution in [3.8, 4) is 11.4 Å². The van der Waals surface area contributed by atoms with Gasteiger partial charge in [0.05, 0.1) is 0 Å². The SMILES string of the molecule is CN=C(NCCc1nc(-c2cccc(Cl)c2)no1)NC1CCN(c2ccccc2)C1. The van der Waals surface area contributed by atoms with Crippen molar-refractivity contribution in [2.75, 3.05) is 31.6 Å². The fraction of sp³-hybridized carbons (Fsp3) is 0.318. The van der Waals surface area contributed by atoms with Crippen LogP contribution in [0.25, 0.3) is 11.4 Å². The topological polar surface area (TPSA) is 78.6 Å². The number of nitrogens with zero attached hydrogens (tertiary/aromatic N) is 4. The molecule has 1 aromatic heterocycles. The lowest BCUT2D eigenvalue weighted by Crippen LogP contribution is -2.45. The number of aliphatic imine (C=N–C) groups is 1. The predicted molar refractivity (Wildman–Crippen MR) is 120 cm³/mol. The number of anilines is 1. The highest BCUT2D eigenvalue weighted by Crippen LogP contribution is 2.20. The molecule has 4 rings (SSSR count). The largest absolute Gasteiger partial charge is 0.369 e. The second-order valence-corrected chi connectivity index (χ2v) is 7.62. The van der Waals surface area contributed by atoms with Gasteiger partial charge in [0.2, 0.25) is 11.7 Å². The summed E-state index contributed by atoms with van der Waals surface area (Å²) < 4.78 is 5.36. The highest BCUT2D eigenvalue weighted by atomic mass is 35.5. The molecule has 1 aliphatic rings. The molecule has 0 saturated carbocycles. The average molecular weight is 425 g/mol. The monoisotopic (exact) mass is 424 g/mol. The second-order valence-electron chi connectivity index (χ2n) is 7.18. The second kappa shape index (κ2) is 9.63. The number of halogens is 1. The van der Waals surface area contributed by atoms with Crippen molar-refractivity contribution in [3.05, 3.63) is 65.5 Å².